The van der Waals surface area contributed by atoms with Gasteiger partial charge in [-0.15, -0.1) is 11.6 Å². The van der Waals surface area contributed by atoms with Crippen molar-refractivity contribution in [1.29, 1.82) is 0 Å². The van der Waals surface area contributed by atoms with Crippen molar-refractivity contribution in [3.8, 4) is 5.75 Å². The Bertz CT molecular complexity index is 478. The van der Waals surface area contributed by atoms with Crippen LogP contribution in [0.5, 0.6) is 5.75 Å². The van der Waals surface area contributed by atoms with Gasteiger partial charge in [0.15, 0.2) is 0 Å². The Labute approximate surface area is 120 Å². The molecule has 0 aliphatic rings. The van der Waals surface area contributed by atoms with Crippen molar-refractivity contribution >= 4 is 11.6 Å². The maximum atomic E-state index is 6.41. The maximum Gasteiger partial charge on any atom is 0.118 e. The fraction of sp³-hybridized carbons (Fsp3) is 0.294. The van der Waals surface area contributed by atoms with Crippen LogP contribution in [0.4, 0.5) is 0 Å². The summed E-state index contributed by atoms with van der Waals surface area (Å²) in [4.78, 5) is 0. The van der Waals surface area contributed by atoms with Gasteiger partial charge in [0, 0.05) is 5.38 Å². The van der Waals surface area contributed by atoms with Gasteiger partial charge in [-0.1, -0.05) is 42.5 Å². The molecule has 2 rings (SSSR count). The predicted molar refractivity (Wildman–Crippen MR) is 81.1 cm³/mol. The van der Waals surface area contributed by atoms with Crippen LogP contribution in [0.25, 0.3) is 0 Å². The minimum absolute atomic E-state index is 0.175. The summed E-state index contributed by atoms with van der Waals surface area (Å²) in [6.07, 6.45) is 2.93. The van der Waals surface area contributed by atoms with Crippen molar-refractivity contribution in [2.75, 3.05) is 7.11 Å². The number of ether oxygens (including phenoxy) is 1. The topological polar surface area (TPSA) is 9.23 Å². The molecule has 2 heteroatoms. The van der Waals surface area contributed by atoms with Crippen LogP contribution in [0.2, 0.25) is 0 Å². The number of hydrogen-bond donors (Lipinski definition) is 0. The lowest BCUT2D eigenvalue weighted by atomic mass is 10.0. The summed E-state index contributed by atoms with van der Waals surface area (Å²) < 4.78 is 5.15. The second kappa shape index (κ2) is 7.20. The lowest BCUT2D eigenvalue weighted by Gasteiger charge is -2.10. The maximum absolute atomic E-state index is 6.41. The lowest BCUT2D eigenvalue weighted by Crippen LogP contribution is -2.05. The zero-order valence-electron chi connectivity index (χ0n) is 11.2. The first-order chi connectivity index (χ1) is 9.28. The molecule has 0 radical (unpaired) electrons. The monoisotopic (exact) mass is 274 g/mol. The summed E-state index contributed by atoms with van der Waals surface area (Å²) in [5.41, 5.74) is 2.61. The van der Waals surface area contributed by atoms with Gasteiger partial charge in [-0.2, -0.15) is 0 Å². The number of hydrogen-bond acceptors (Lipinski definition) is 1. The van der Waals surface area contributed by atoms with E-state index in [0.717, 1.165) is 25.0 Å². The molecule has 0 aliphatic carbocycles. The average Bonchev–Trinajstić information content (AvgIpc) is 2.47. The van der Waals surface area contributed by atoms with Crippen molar-refractivity contribution in [3.05, 3.63) is 65.7 Å². The summed E-state index contributed by atoms with van der Waals surface area (Å²) in [6, 6.07) is 18.6. The lowest BCUT2D eigenvalue weighted by molar-refractivity contribution is 0.414. The Balaban J connectivity index is 1.82. The van der Waals surface area contributed by atoms with E-state index in [1.807, 2.05) is 18.2 Å². The third-order valence-corrected chi connectivity index (χ3v) is 3.58. The Morgan fingerprint density at radius 2 is 1.63 bits per heavy atom. The molecular formula is C17H19ClO. The van der Waals surface area contributed by atoms with Crippen LogP contribution in [0, 0.1) is 0 Å². The van der Waals surface area contributed by atoms with Gasteiger partial charge in [-0.3, -0.25) is 0 Å². The van der Waals surface area contributed by atoms with E-state index in [0.29, 0.717) is 0 Å². The van der Waals surface area contributed by atoms with Crippen LogP contribution in [0.1, 0.15) is 17.5 Å². The third-order valence-electron chi connectivity index (χ3n) is 3.21. The molecule has 2 aromatic carbocycles. The van der Waals surface area contributed by atoms with Crippen LogP contribution in [-0.2, 0) is 12.8 Å². The first-order valence-corrected chi connectivity index (χ1v) is 7.02. The molecule has 0 bridgehead atoms. The number of methoxy groups -OCH3 is 1. The van der Waals surface area contributed by atoms with Crippen molar-refractivity contribution in [3.63, 3.8) is 0 Å². The highest BCUT2D eigenvalue weighted by atomic mass is 35.5. The summed E-state index contributed by atoms with van der Waals surface area (Å²) in [6.45, 7) is 0. The van der Waals surface area contributed by atoms with E-state index in [-0.39, 0.29) is 5.38 Å². The Kier molecular flexibility index (Phi) is 5.29. The van der Waals surface area contributed by atoms with Crippen LogP contribution in [0.3, 0.4) is 0 Å². The Morgan fingerprint density at radius 1 is 0.947 bits per heavy atom. The standard InChI is InChI=1S/C17H19ClO/c1-19-17-11-8-15(9-12-17)13-16(18)10-7-14-5-3-2-4-6-14/h2-6,8-9,11-12,16H,7,10,13H2,1H3. The molecule has 0 N–H and O–H groups in total. The third kappa shape index (κ3) is 4.60. The van der Waals surface area contributed by atoms with E-state index in [1.54, 1.807) is 7.11 Å². The molecule has 1 atom stereocenters. The smallest absolute Gasteiger partial charge is 0.118 e. The number of rotatable bonds is 6. The average molecular weight is 275 g/mol. The Hall–Kier alpha value is -1.47. The van der Waals surface area contributed by atoms with Crippen LogP contribution < -0.4 is 4.74 Å². The molecule has 1 nitrogen and oxygen atoms in total. The minimum atomic E-state index is 0.175. The molecule has 0 aromatic heterocycles. The SMILES string of the molecule is COc1ccc(CC(Cl)CCc2ccccc2)cc1. The fourth-order valence-electron chi connectivity index (χ4n) is 2.09. The molecular weight excluding hydrogens is 256 g/mol. The molecule has 0 saturated carbocycles. The molecule has 0 amide bonds. The van der Waals surface area contributed by atoms with Crippen molar-refractivity contribution in [2.45, 2.75) is 24.6 Å². The van der Waals surface area contributed by atoms with Gasteiger partial charge in [0.25, 0.3) is 0 Å². The van der Waals surface area contributed by atoms with E-state index in [4.69, 9.17) is 16.3 Å². The van der Waals surface area contributed by atoms with Gasteiger partial charge in [-0.05, 0) is 42.5 Å². The minimum Gasteiger partial charge on any atom is -0.497 e. The molecule has 2 aromatic rings. The molecule has 100 valence electrons. The number of halogens is 1. The second-order valence-corrected chi connectivity index (χ2v) is 5.29. The molecule has 19 heavy (non-hydrogen) atoms. The summed E-state index contributed by atoms with van der Waals surface area (Å²) in [5.74, 6) is 0.888. The first kappa shape index (κ1) is 14.0. The zero-order chi connectivity index (χ0) is 13.5. The van der Waals surface area contributed by atoms with E-state index in [2.05, 4.69) is 36.4 Å². The van der Waals surface area contributed by atoms with Gasteiger partial charge in [-0.25, -0.2) is 0 Å². The van der Waals surface area contributed by atoms with Crippen molar-refractivity contribution < 1.29 is 4.74 Å². The van der Waals surface area contributed by atoms with Crippen LogP contribution in [-0.4, -0.2) is 12.5 Å². The summed E-state index contributed by atoms with van der Waals surface area (Å²) in [7, 11) is 1.68. The molecule has 0 heterocycles. The predicted octanol–water partition coefficient (Wildman–Crippen LogP) is 4.48. The summed E-state index contributed by atoms with van der Waals surface area (Å²) in [5, 5.41) is 0.175. The van der Waals surface area contributed by atoms with Gasteiger partial charge < -0.3 is 4.74 Å². The highest BCUT2D eigenvalue weighted by molar-refractivity contribution is 6.20. The molecule has 1 unspecified atom stereocenters. The second-order valence-electron chi connectivity index (χ2n) is 4.67. The van der Waals surface area contributed by atoms with Crippen molar-refractivity contribution in [1.82, 2.24) is 0 Å². The molecule has 0 aliphatic heterocycles. The molecule has 0 fully saturated rings. The largest absolute Gasteiger partial charge is 0.497 e. The number of benzene rings is 2. The van der Waals surface area contributed by atoms with Gasteiger partial charge in [0.2, 0.25) is 0 Å². The normalized spacial score (nSPS) is 12.1. The fourth-order valence-corrected chi connectivity index (χ4v) is 2.37. The van der Waals surface area contributed by atoms with Gasteiger partial charge in [0.1, 0.15) is 5.75 Å². The van der Waals surface area contributed by atoms with Crippen LogP contribution >= 0.6 is 11.6 Å². The van der Waals surface area contributed by atoms with Crippen LogP contribution in [0.15, 0.2) is 54.6 Å². The van der Waals surface area contributed by atoms with Gasteiger partial charge in [0.05, 0.1) is 7.11 Å². The number of aryl methyl sites for hydroxylation is 1. The molecule has 0 saturated heterocycles. The van der Waals surface area contributed by atoms with Gasteiger partial charge >= 0.3 is 0 Å². The van der Waals surface area contributed by atoms with E-state index in [1.165, 1.54) is 11.1 Å². The van der Waals surface area contributed by atoms with E-state index < -0.39 is 0 Å². The summed E-state index contributed by atoms with van der Waals surface area (Å²) >= 11 is 6.41. The van der Waals surface area contributed by atoms with Crippen molar-refractivity contribution in [2.24, 2.45) is 0 Å². The quantitative estimate of drug-likeness (QED) is 0.706. The number of alkyl halides is 1. The highest BCUT2D eigenvalue weighted by Gasteiger charge is 2.06. The molecule has 0 spiro atoms. The highest BCUT2D eigenvalue weighted by Crippen LogP contribution is 2.17. The Morgan fingerprint density at radius 3 is 2.26 bits per heavy atom. The van der Waals surface area contributed by atoms with E-state index in [9.17, 15) is 0 Å². The first-order valence-electron chi connectivity index (χ1n) is 6.59. The zero-order valence-corrected chi connectivity index (χ0v) is 11.9. The van der Waals surface area contributed by atoms with E-state index >= 15 is 0 Å².